The van der Waals surface area contributed by atoms with E-state index in [1.165, 1.54) is 6.42 Å². The summed E-state index contributed by atoms with van der Waals surface area (Å²) >= 11 is 0. The zero-order valence-corrected chi connectivity index (χ0v) is 9.47. The van der Waals surface area contributed by atoms with Gasteiger partial charge in [-0.25, -0.2) is 4.98 Å². The van der Waals surface area contributed by atoms with Crippen LogP contribution >= 0.6 is 0 Å². The average molecular weight is 233 g/mol. The number of rotatable bonds is 4. The summed E-state index contributed by atoms with van der Waals surface area (Å²) < 4.78 is 5.21. The fourth-order valence-corrected chi connectivity index (χ4v) is 1.95. The molecule has 1 atom stereocenters. The molecule has 1 aliphatic carbocycles. The van der Waals surface area contributed by atoms with Gasteiger partial charge in [0.05, 0.1) is 12.4 Å². The Morgan fingerprint density at radius 3 is 3.06 bits per heavy atom. The lowest BCUT2D eigenvalue weighted by Gasteiger charge is -2.21. The lowest BCUT2D eigenvalue weighted by atomic mass is 9.85. The van der Waals surface area contributed by atoms with Crippen molar-refractivity contribution in [1.29, 1.82) is 0 Å². The molecule has 0 spiro atoms. The third-order valence-corrected chi connectivity index (χ3v) is 3.24. The van der Waals surface area contributed by atoms with Crippen LogP contribution in [0.1, 0.15) is 48.6 Å². The van der Waals surface area contributed by atoms with Gasteiger partial charge < -0.3 is 15.2 Å². The van der Waals surface area contributed by atoms with Crippen LogP contribution in [-0.4, -0.2) is 20.1 Å². The Labute approximate surface area is 98.6 Å². The molecule has 2 heterocycles. The molecule has 3 N–H and O–H groups in total. The minimum Gasteiger partial charge on any atom is -0.348 e. The van der Waals surface area contributed by atoms with Gasteiger partial charge in [-0.2, -0.15) is 4.98 Å². The Bertz CT molecular complexity index is 474. The highest BCUT2D eigenvalue weighted by Crippen LogP contribution is 2.34. The van der Waals surface area contributed by atoms with Crippen LogP contribution < -0.4 is 5.73 Å². The van der Waals surface area contributed by atoms with Crippen molar-refractivity contribution in [2.75, 3.05) is 0 Å². The monoisotopic (exact) mass is 233 g/mol. The first kappa shape index (κ1) is 10.5. The standard InChI is InChI=1S/C11H15N5O/c12-9(4-8-5-13-6-14-8)11-15-10(16-17-11)7-2-1-3-7/h5-7,9H,1-4,12H2,(H,13,14)/t9-/m1/s1. The van der Waals surface area contributed by atoms with Gasteiger partial charge in [-0.3, -0.25) is 0 Å². The summed E-state index contributed by atoms with van der Waals surface area (Å²) in [6, 6.07) is -0.267. The van der Waals surface area contributed by atoms with Gasteiger partial charge in [0.25, 0.3) is 0 Å². The highest BCUT2D eigenvalue weighted by molar-refractivity contribution is 5.05. The number of imidazole rings is 1. The van der Waals surface area contributed by atoms with Crippen LogP contribution in [-0.2, 0) is 6.42 Å². The van der Waals surface area contributed by atoms with Crippen molar-refractivity contribution in [3.05, 3.63) is 29.9 Å². The van der Waals surface area contributed by atoms with Crippen LogP contribution in [0.3, 0.4) is 0 Å². The van der Waals surface area contributed by atoms with E-state index in [0.29, 0.717) is 18.2 Å². The average Bonchev–Trinajstić information content (AvgIpc) is 2.85. The number of hydrogen-bond acceptors (Lipinski definition) is 5. The number of nitrogens with two attached hydrogens (primary N) is 1. The molecular formula is C11H15N5O. The second-order valence-electron chi connectivity index (χ2n) is 4.51. The molecule has 0 aromatic carbocycles. The van der Waals surface area contributed by atoms with E-state index in [1.807, 2.05) is 0 Å². The van der Waals surface area contributed by atoms with Gasteiger partial charge >= 0.3 is 0 Å². The first-order valence-electron chi connectivity index (χ1n) is 5.89. The fourth-order valence-electron chi connectivity index (χ4n) is 1.95. The molecule has 2 aromatic heterocycles. The second-order valence-corrected chi connectivity index (χ2v) is 4.51. The minimum atomic E-state index is -0.267. The Hall–Kier alpha value is -1.69. The molecule has 0 bridgehead atoms. The maximum Gasteiger partial charge on any atom is 0.243 e. The quantitative estimate of drug-likeness (QED) is 0.830. The normalized spacial score (nSPS) is 17.9. The molecule has 6 heteroatoms. The first-order chi connectivity index (χ1) is 8.33. The number of nitrogens with zero attached hydrogens (tertiary/aromatic N) is 3. The molecule has 0 saturated heterocycles. The predicted octanol–water partition coefficient (Wildman–Crippen LogP) is 1.30. The van der Waals surface area contributed by atoms with Crippen LogP contribution in [0.2, 0.25) is 0 Å². The molecule has 3 rings (SSSR count). The summed E-state index contributed by atoms with van der Waals surface area (Å²) in [4.78, 5) is 11.3. The van der Waals surface area contributed by atoms with E-state index in [0.717, 1.165) is 24.4 Å². The van der Waals surface area contributed by atoms with Crippen molar-refractivity contribution in [2.24, 2.45) is 5.73 Å². The molecule has 1 aliphatic rings. The maximum atomic E-state index is 6.02. The molecule has 1 fully saturated rings. The first-order valence-corrected chi connectivity index (χ1v) is 5.89. The smallest absolute Gasteiger partial charge is 0.243 e. The molecule has 17 heavy (non-hydrogen) atoms. The summed E-state index contributed by atoms with van der Waals surface area (Å²) in [6.07, 6.45) is 7.60. The van der Waals surface area contributed by atoms with Crippen LogP contribution in [0, 0.1) is 0 Å². The predicted molar refractivity (Wildman–Crippen MR) is 60.1 cm³/mol. The summed E-state index contributed by atoms with van der Waals surface area (Å²) in [7, 11) is 0. The number of aromatic nitrogens is 4. The summed E-state index contributed by atoms with van der Waals surface area (Å²) in [5.41, 5.74) is 6.99. The SMILES string of the molecule is N[C@H](Cc1cnc[nH]1)c1nc(C2CCC2)no1. The summed E-state index contributed by atoms with van der Waals surface area (Å²) in [5, 5.41) is 4.00. The van der Waals surface area contributed by atoms with Gasteiger partial charge in [-0.15, -0.1) is 0 Å². The third kappa shape index (κ3) is 2.08. The number of nitrogens with one attached hydrogen (secondary N) is 1. The van der Waals surface area contributed by atoms with Crippen LogP contribution in [0.4, 0.5) is 0 Å². The molecule has 0 amide bonds. The molecule has 0 radical (unpaired) electrons. The van der Waals surface area contributed by atoms with Gasteiger partial charge in [0.15, 0.2) is 5.82 Å². The lowest BCUT2D eigenvalue weighted by Crippen LogP contribution is -2.15. The highest BCUT2D eigenvalue weighted by Gasteiger charge is 2.26. The molecule has 6 nitrogen and oxygen atoms in total. The van der Waals surface area contributed by atoms with E-state index in [4.69, 9.17) is 10.3 Å². The van der Waals surface area contributed by atoms with Crippen LogP contribution in [0.5, 0.6) is 0 Å². The van der Waals surface area contributed by atoms with E-state index in [9.17, 15) is 0 Å². The van der Waals surface area contributed by atoms with Crippen molar-refractivity contribution < 1.29 is 4.52 Å². The van der Waals surface area contributed by atoms with E-state index in [-0.39, 0.29) is 6.04 Å². The Morgan fingerprint density at radius 1 is 1.53 bits per heavy atom. The molecule has 1 saturated carbocycles. The zero-order chi connectivity index (χ0) is 11.7. The lowest BCUT2D eigenvalue weighted by molar-refractivity contribution is 0.333. The fraction of sp³-hybridized carbons (Fsp3) is 0.545. The van der Waals surface area contributed by atoms with Gasteiger partial charge in [0.2, 0.25) is 5.89 Å². The van der Waals surface area contributed by atoms with Gasteiger partial charge in [-0.1, -0.05) is 11.6 Å². The zero-order valence-electron chi connectivity index (χ0n) is 9.47. The van der Waals surface area contributed by atoms with Crippen molar-refractivity contribution in [3.8, 4) is 0 Å². The molecular weight excluding hydrogens is 218 g/mol. The van der Waals surface area contributed by atoms with Crippen molar-refractivity contribution in [1.82, 2.24) is 20.1 Å². The second kappa shape index (κ2) is 4.29. The van der Waals surface area contributed by atoms with Crippen LogP contribution in [0.25, 0.3) is 0 Å². The largest absolute Gasteiger partial charge is 0.348 e. The number of H-pyrrole nitrogens is 1. The molecule has 2 aromatic rings. The Balaban J connectivity index is 1.68. The summed E-state index contributed by atoms with van der Waals surface area (Å²) in [5.74, 6) is 1.81. The van der Waals surface area contributed by atoms with Crippen molar-refractivity contribution in [2.45, 2.75) is 37.6 Å². The molecule has 0 aliphatic heterocycles. The molecule has 0 unspecified atom stereocenters. The van der Waals surface area contributed by atoms with Gasteiger partial charge in [0, 0.05) is 24.2 Å². The van der Waals surface area contributed by atoms with Crippen molar-refractivity contribution in [3.63, 3.8) is 0 Å². The maximum absolute atomic E-state index is 6.02. The summed E-state index contributed by atoms with van der Waals surface area (Å²) in [6.45, 7) is 0. The number of aromatic amines is 1. The van der Waals surface area contributed by atoms with E-state index >= 15 is 0 Å². The van der Waals surface area contributed by atoms with Gasteiger partial charge in [0.1, 0.15) is 0 Å². The van der Waals surface area contributed by atoms with Crippen LogP contribution in [0.15, 0.2) is 17.0 Å². The Morgan fingerprint density at radius 2 is 2.41 bits per heavy atom. The minimum absolute atomic E-state index is 0.267. The van der Waals surface area contributed by atoms with Crippen molar-refractivity contribution >= 4 is 0 Å². The highest BCUT2D eigenvalue weighted by atomic mass is 16.5. The topological polar surface area (TPSA) is 93.6 Å². The van der Waals surface area contributed by atoms with E-state index in [1.54, 1.807) is 12.5 Å². The van der Waals surface area contributed by atoms with E-state index in [2.05, 4.69) is 20.1 Å². The van der Waals surface area contributed by atoms with Gasteiger partial charge in [-0.05, 0) is 12.8 Å². The Kier molecular flexibility index (Phi) is 2.64. The third-order valence-electron chi connectivity index (χ3n) is 3.24. The molecule has 90 valence electrons. The number of hydrogen-bond donors (Lipinski definition) is 2. The van der Waals surface area contributed by atoms with E-state index < -0.39 is 0 Å².